The number of rotatable bonds is 6. The molecule has 1 amide bonds. The van der Waals surface area contributed by atoms with Crippen LogP contribution in [0.25, 0.3) is 0 Å². The van der Waals surface area contributed by atoms with Gasteiger partial charge in [-0.3, -0.25) is 9.69 Å². The highest BCUT2D eigenvalue weighted by Gasteiger charge is 2.32. The molecule has 0 aliphatic carbocycles. The topological polar surface area (TPSA) is 55.8 Å². The van der Waals surface area contributed by atoms with Crippen LogP contribution >= 0.6 is 0 Å². The van der Waals surface area contributed by atoms with Crippen LogP contribution in [0.5, 0.6) is 0 Å². The fraction of sp³-hybridized carbons (Fsp3) is 0.500. The van der Waals surface area contributed by atoms with E-state index in [1.165, 1.54) is 19.1 Å². The van der Waals surface area contributed by atoms with Gasteiger partial charge in [0.25, 0.3) is 5.91 Å². The Bertz CT molecular complexity index is 493. The number of carbonyl (C=O) groups excluding carboxylic acids is 2. The van der Waals surface area contributed by atoms with Crippen molar-refractivity contribution in [3.8, 4) is 0 Å². The summed E-state index contributed by atoms with van der Waals surface area (Å²) in [6.07, 6.45) is 0.468. The highest BCUT2D eigenvalue weighted by atomic mass is 16.5. The summed E-state index contributed by atoms with van der Waals surface area (Å²) in [5.74, 6) is -0.684. The zero-order valence-electron chi connectivity index (χ0n) is 13.3. The van der Waals surface area contributed by atoms with E-state index in [1.54, 1.807) is 0 Å². The molecule has 21 heavy (non-hydrogen) atoms. The van der Waals surface area contributed by atoms with Crippen molar-refractivity contribution in [2.75, 3.05) is 25.7 Å². The Labute approximate surface area is 125 Å². The summed E-state index contributed by atoms with van der Waals surface area (Å²) >= 11 is 0. The van der Waals surface area contributed by atoms with Crippen molar-refractivity contribution in [3.63, 3.8) is 0 Å². The molecule has 0 N–H and O–H groups in total. The molecule has 1 unspecified atom stereocenters. The maximum Gasteiger partial charge on any atom is 0.328 e. The van der Waals surface area contributed by atoms with Crippen LogP contribution in [0, 0.1) is 13.8 Å². The second-order valence-electron chi connectivity index (χ2n) is 4.88. The van der Waals surface area contributed by atoms with Gasteiger partial charge < -0.3 is 9.47 Å². The molecule has 1 aromatic carbocycles. The van der Waals surface area contributed by atoms with E-state index in [0.29, 0.717) is 6.42 Å². The number of esters is 1. The van der Waals surface area contributed by atoms with Crippen LogP contribution in [-0.4, -0.2) is 38.7 Å². The van der Waals surface area contributed by atoms with E-state index in [0.717, 1.165) is 16.8 Å². The highest BCUT2D eigenvalue weighted by molar-refractivity contribution is 6.01. The van der Waals surface area contributed by atoms with Crippen LogP contribution in [-0.2, 0) is 19.1 Å². The van der Waals surface area contributed by atoms with Crippen molar-refractivity contribution in [2.24, 2.45) is 0 Å². The number of nitrogens with zero attached hydrogens (tertiary/aromatic N) is 1. The number of ether oxygens (including phenoxy) is 2. The lowest BCUT2D eigenvalue weighted by Gasteiger charge is -2.31. The third kappa shape index (κ3) is 3.82. The van der Waals surface area contributed by atoms with Gasteiger partial charge in [-0.25, -0.2) is 4.79 Å². The van der Waals surface area contributed by atoms with Gasteiger partial charge in [0.05, 0.1) is 12.8 Å². The largest absolute Gasteiger partial charge is 0.467 e. The number of hydrogen-bond donors (Lipinski definition) is 0. The number of para-hydroxylation sites is 1. The Balaban J connectivity index is 3.37. The summed E-state index contributed by atoms with van der Waals surface area (Å²) in [4.78, 5) is 26.0. The fourth-order valence-corrected chi connectivity index (χ4v) is 2.42. The van der Waals surface area contributed by atoms with Crippen LogP contribution in [0.4, 0.5) is 5.69 Å². The average Bonchev–Trinajstić information content (AvgIpc) is 2.45. The molecule has 0 bridgehead atoms. The predicted octanol–water partition coefficient (Wildman–Crippen LogP) is 2.23. The molecule has 1 rings (SSSR count). The summed E-state index contributed by atoms with van der Waals surface area (Å²) in [7, 11) is 2.79. The molecule has 116 valence electrons. The van der Waals surface area contributed by atoms with Crippen molar-refractivity contribution in [1.29, 1.82) is 0 Å². The number of anilines is 1. The SMILES string of the molecule is CCC(C(=O)OC)N(C(=O)COC)c1c(C)cccc1C. The lowest BCUT2D eigenvalue weighted by atomic mass is 10.0. The minimum atomic E-state index is -0.655. The third-order valence-corrected chi connectivity index (χ3v) is 3.39. The molecule has 5 heteroatoms. The summed E-state index contributed by atoms with van der Waals surface area (Å²) in [6.45, 7) is 5.60. The molecule has 1 atom stereocenters. The monoisotopic (exact) mass is 293 g/mol. The second kappa shape index (κ2) is 7.78. The van der Waals surface area contributed by atoms with Gasteiger partial charge in [-0.05, 0) is 31.4 Å². The first-order valence-electron chi connectivity index (χ1n) is 6.92. The maximum absolute atomic E-state index is 12.5. The lowest BCUT2D eigenvalue weighted by Crippen LogP contribution is -2.47. The minimum Gasteiger partial charge on any atom is -0.467 e. The van der Waals surface area contributed by atoms with E-state index < -0.39 is 12.0 Å². The summed E-state index contributed by atoms with van der Waals surface area (Å²) in [5.41, 5.74) is 2.61. The lowest BCUT2D eigenvalue weighted by molar-refractivity contribution is -0.143. The molecule has 0 saturated heterocycles. The number of benzene rings is 1. The molecule has 0 aliphatic rings. The van der Waals surface area contributed by atoms with Gasteiger partial charge in [0.1, 0.15) is 12.6 Å². The van der Waals surface area contributed by atoms with Gasteiger partial charge >= 0.3 is 5.97 Å². The van der Waals surface area contributed by atoms with Gasteiger partial charge in [0.2, 0.25) is 0 Å². The maximum atomic E-state index is 12.5. The Morgan fingerprint density at radius 2 is 1.76 bits per heavy atom. The molecule has 0 spiro atoms. The van der Waals surface area contributed by atoms with Crippen molar-refractivity contribution in [2.45, 2.75) is 33.2 Å². The molecule has 0 aliphatic heterocycles. The number of methoxy groups -OCH3 is 2. The van der Waals surface area contributed by atoms with Crippen LogP contribution < -0.4 is 4.90 Å². The minimum absolute atomic E-state index is 0.0821. The standard InChI is InChI=1S/C16H23NO4/c1-6-13(16(19)21-5)17(14(18)10-20-4)15-11(2)8-7-9-12(15)3/h7-9,13H,6,10H2,1-5H3. The summed E-state index contributed by atoms with van der Waals surface area (Å²) in [6, 6.07) is 5.10. The Kier molecular flexibility index (Phi) is 6.37. The van der Waals surface area contributed by atoms with Crippen molar-refractivity contribution in [1.82, 2.24) is 0 Å². The first kappa shape index (κ1) is 17.2. The smallest absolute Gasteiger partial charge is 0.328 e. The quantitative estimate of drug-likeness (QED) is 0.755. The van der Waals surface area contributed by atoms with Gasteiger partial charge in [-0.1, -0.05) is 25.1 Å². The van der Waals surface area contributed by atoms with Gasteiger partial charge in [-0.2, -0.15) is 0 Å². The van der Waals surface area contributed by atoms with Crippen molar-refractivity contribution < 1.29 is 19.1 Å². The molecule has 0 aromatic heterocycles. The van der Waals surface area contributed by atoms with E-state index in [4.69, 9.17) is 9.47 Å². The van der Waals surface area contributed by atoms with Gasteiger partial charge in [0, 0.05) is 7.11 Å². The molecule has 0 fully saturated rings. The normalized spacial score (nSPS) is 11.9. The first-order chi connectivity index (χ1) is 9.97. The van der Waals surface area contributed by atoms with E-state index in [2.05, 4.69) is 0 Å². The molecule has 5 nitrogen and oxygen atoms in total. The number of amides is 1. The molecular formula is C16H23NO4. The highest BCUT2D eigenvalue weighted by Crippen LogP contribution is 2.28. The van der Waals surface area contributed by atoms with Gasteiger partial charge in [0.15, 0.2) is 0 Å². The van der Waals surface area contributed by atoms with Crippen molar-refractivity contribution in [3.05, 3.63) is 29.3 Å². The molecule has 1 aromatic rings. The summed E-state index contributed by atoms with van der Waals surface area (Å²) in [5, 5.41) is 0. The van der Waals surface area contributed by atoms with Crippen LogP contribution in [0.1, 0.15) is 24.5 Å². The van der Waals surface area contributed by atoms with Crippen LogP contribution in [0.3, 0.4) is 0 Å². The third-order valence-electron chi connectivity index (χ3n) is 3.39. The Morgan fingerprint density at radius 3 is 2.19 bits per heavy atom. The second-order valence-corrected chi connectivity index (χ2v) is 4.88. The van der Waals surface area contributed by atoms with Crippen LogP contribution in [0.2, 0.25) is 0 Å². The van der Waals surface area contributed by atoms with Crippen LogP contribution in [0.15, 0.2) is 18.2 Å². The zero-order chi connectivity index (χ0) is 16.0. The molecule has 0 heterocycles. The zero-order valence-corrected chi connectivity index (χ0v) is 13.3. The van der Waals surface area contributed by atoms with E-state index in [1.807, 2.05) is 39.0 Å². The van der Waals surface area contributed by atoms with Crippen molar-refractivity contribution >= 4 is 17.6 Å². The number of hydrogen-bond acceptors (Lipinski definition) is 4. The summed E-state index contributed by atoms with van der Waals surface area (Å²) < 4.78 is 9.79. The molecule has 0 saturated carbocycles. The predicted molar refractivity (Wildman–Crippen MR) is 81.4 cm³/mol. The van der Waals surface area contributed by atoms with E-state index in [-0.39, 0.29) is 12.5 Å². The number of carbonyl (C=O) groups is 2. The molecule has 0 radical (unpaired) electrons. The van der Waals surface area contributed by atoms with E-state index >= 15 is 0 Å². The Hall–Kier alpha value is -1.88. The fourth-order valence-electron chi connectivity index (χ4n) is 2.42. The Morgan fingerprint density at radius 1 is 1.19 bits per heavy atom. The molecular weight excluding hydrogens is 270 g/mol. The first-order valence-corrected chi connectivity index (χ1v) is 6.92. The van der Waals surface area contributed by atoms with Gasteiger partial charge in [-0.15, -0.1) is 0 Å². The number of aryl methyl sites for hydroxylation is 2. The van der Waals surface area contributed by atoms with E-state index in [9.17, 15) is 9.59 Å². The average molecular weight is 293 g/mol.